The SMILES string of the molecule is CC1(C)C(=O)Nc2c(Br)cc(Nc3nc(N4CCC[C@H](N)C4)ncc3C(N)=O)cc21. The van der Waals surface area contributed by atoms with Gasteiger partial charge < -0.3 is 27.0 Å². The zero-order valence-electron chi connectivity index (χ0n) is 16.8. The van der Waals surface area contributed by atoms with Gasteiger partial charge in [0.25, 0.3) is 5.91 Å². The van der Waals surface area contributed by atoms with Crippen LogP contribution in [0.5, 0.6) is 0 Å². The second kappa shape index (κ2) is 7.51. The molecule has 2 aliphatic rings. The van der Waals surface area contributed by atoms with Crippen LogP contribution in [0, 0.1) is 0 Å². The Balaban J connectivity index is 1.71. The van der Waals surface area contributed by atoms with Gasteiger partial charge in [-0.1, -0.05) is 0 Å². The highest BCUT2D eigenvalue weighted by molar-refractivity contribution is 9.10. The van der Waals surface area contributed by atoms with Crippen molar-refractivity contribution in [2.75, 3.05) is 28.6 Å². The number of carbonyl (C=O) groups is 2. The molecule has 1 aromatic carbocycles. The number of carbonyl (C=O) groups excluding carboxylic acids is 2. The number of hydrogen-bond donors (Lipinski definition) is 4. The molecule has 0 unspecified atom stereocenters. The van der Waals surface area contributed by atoms with E-state index >= 15 is 0 Å². The molecule has 1 saturated heterocycles. The number of nitrogens with two attached hydrogens (primary N) is 2. The molecule has 1 atom stereocenters. The molecule has 30 heavy (non-hydrogen) atoms. The third kappa shape index (κ3) is 3.61. The standard InChI is InChI=1S/C20H24BrN7O2/c1-20(2)13-6-11(7-14(21)15(13)26-18(20)30)25-17-12(16(23)29)8-24-19(27-17)28-5-3-4-10(22)9-28/h6-8,10H,3-5,9,22H2,1-2H3,(H2,23,29)(H,26,30)(H,24,25,27)/t10-/m0/s1. The molecule has 158 valence electrons. The van der Waals surface area contributed by atoms with Crippen molar-refractivity contribution in [2.45, 2.75) is 38.1 Å². The number of aromatic nitrogens is 2. The molecule has 10 heteroatoms. The summed E-state index contributed by atoms with van der Waals surface area (Å²) in [6.45, 7) is 5.18. The maximum Gasteiger partial charge on any atom is 0.254 e. The first-order valence-electron chi connectivity index (χ1n) is 9.76. The van der Waals surface area contributed by atoms with Gasteiger partial charge in [-0.25, -0.2) is 4.98 Å². The van der Waals surface area contributed by atoms with Crippen LogP contribution in [0.15, 0.2) is 22.8 Å². The molecule has 2 amide bonds. The minimum Gasteiger partial charge on any atom is -0.365 e. The van der Waals surface area contributed by atoms with Crippen LogP contribution in [-0.2, 0) is 10.2 Å². The van der Waals surface area contributed by atoms with E-state index in [4.69, 9.17) is 11.5 Å². The first-order chi connectivity index (χ1) is 14.2. The van der Waals surface area contributed by atoms with Crippen LogP contribution in [-0.4, -0.2) is 40.9 Å². The Morgan fingerprint density at radius 2 is 2.17 bits per heavy atom. The van der Waals surface area contributed by atoms with E-state index in [-0.39, 0.29) is 17.5 Å². The molecule has 0 aliphatic carbocycles. The first kappa shape index (κ1) is 20.5. The van der Waals surface area contributed by atoms with Crippen LogP contribution < -0.4 is 27.0 Å². The predicted octanol–water partition coefficient (Wildman–Crippen LogP) is 2.24. The highest BCUT2D eigenvalue weighted by Crippen LogP contribution is 2.43. The first-order valence-corrected chi connectivity index (χ1v) is 10.6. The predicted molar refractivity (Wildman–Crippen MR) is 119 cm³/mol. The number of primary amides is 1. The lowest BCUT2D eigenvalue weighted by Gasteiger charge is -2.31. The fraction of sp³-hybridized carbons (Fsp3) is 0.400. The van der Waals surface area contributed by atoms with E-state index in [2.05, 4.69) is 36.5 Å². The Morgan fingerprint density at radius 1 is 1.40 bits per heavy atom. The topological polar surface area (TPSA) is 139 Å². The number of rotatable bonds is 4. The van der Waals surface area contributed by atoms with Crippen LogP contribution in [0.3, 0.4) is 0 Å². The molecular weight excluding hydrogens is 450 g/mol. The van der Waals surface area contributed by atoms with Gasteiger partial charge in [0.05, 0.1) is 11.1 Å². The zero-order chi connectivity index (χ0) is 21.6. The Morgan fingerprint density at radius 3 is 2.87 bits per heavy atom. The van der Waals surface area contributed by atoms with Crippen molar-refractivity contribution in [1.82, 2.24) is 9.97 Å². The zero-order valence-corrected chi connectivity index (χ0v) is 18.4. The fourth-order valence-corrected chi connectivity index (χ4v) is 4.38. The van der Waals surface area contributed by atoms with Gasteiger partial charge in [-0.2, -0.15) is 4.98 Å². The molecule has 1 aromatic heterocycles. The summed E-state index contributed by atoms with van der Waals surface area (Å²) in [5, 5.41) is 6.09. The van der Waals surface area contributed by atoms with Crippen LogP contribution >= 0.6 is 15.9 Å². The van der Waals surface area contributed by atoms with E-state index in [9.17, 15) is 9.59 Å². The summed E-state index contributed by atoms with van der Waals surface area (Å²) in [5.74, 6) is 0.111. The van der Waals surface area contributed by atoms with Gasteiger partial charge in [-0.05, 0) is 60.3 Å². The van der Waals surface area contributed by atoms with Gasteiger partial charge in [0, 0.05) is 35.5 Å². The molecule has 0 spiro atoms. The van der Waals surface area contributed by atoms with Gasteiger partial charge in [0.1, 0.15) is 11.4 Å². The van der Waals surface area contributed by atoms with Crippen LogP contribution in [0.25, 0.3) is 0 Å². The third-order valence-corrected chi connectivity index (χ3v) is 6.24. The normalized spacial score (nSPS) is 19.9. The van der Waals surface area contributed by atoms with Crippen LogP contribution in [0.2, 0.25) is 0 Å². The number of benzene rings is 1. The number of nitrogens with zero attached hydrogens (tertiary/aromatic N) is 3. The summed E-state index contributed by atoms with van der Waals surface area (Å²) >= 11 is 3.52. The highest BCUT2D eigenvalue weighted by atomic mass is 79.9. The third-order valence-electron chi connectivity index (χ3n) is 5.61. The summed E-state index contributed by atoms with van der Waals surface area (Å²) in [6.07, 6.45) is 3.36. The molecule has 1 fully saturated rings. The number of anilines is 4. The molecule has 2 aliphatic heterocycles. The van der Waals surface area contributed by atoms with E-state index in [1.807, 2.05) is 30.9 Å². The summed E-state index contributed by atoms with van der Waals surface area (Å²) in [7, 11) is 0. The quantitative estimate of drug-likeness (QED) is 0.533. The number of piperidine rings is 1. The summed E-state index contributed by atoms with van der Waals surface area (Å²) < 4.78 is 0.735. The molecule has 0 bridgehead atoms. The monoisotopic (exact) mass is 473 g/mol. The Labute approximate surface area is 182 Å². The Bertz CT molecular complexity index is 1040. The molecule has 6 N–H and O–H groups in total. The minimum atomic E-state index is -0.678. The second-order valence-electron chi connectivity index (χ2n) is 8.23. The molecule has 3 heterocycles. The highest BCUT2D eigenvalue weighted by Gasteiger charge is 2.39. The van der Waals surface area contributed by atoms with E-state index < -0.39 is 11.3 Å². The van der Waals surface area contributed by atoms with Gasteiger partial charge in [-0.3, -0.25) is 9.59 Å². The largest absolute Gasteiger partial charge is 0.365 e. The van der Waals surface area contributed by atoms with E-state index in [0.29, 0.717) is 24.0 Å². The lowest BCUT2D eigenvalue weighted by Crippen LogP contribution is -2.43. The summed E-state index contributed by atoms with van der Waals surface area (Å²) in [5.41, 5.74) is 13.4. The molecule has 4 rings (SSSR count). The van der Waals surface area contributed by atoms with Crippen molar-refractivity contribution < 1.29 is 9.59 Å². The maximum absolute atomic E-state index is 12.3. The van der Waals surface area contributed by atoms with Crippen molar-refractivity contribution in [2.24, 2.45) is 11.5 Å². The summed E-state index contributed by atoms with van der Waals surface area (Å²) in [4.78, 5) is 35.2. The molecular formula is C20H24BrN7O2. The lowest BCUT2D eigenvalue weighted by molar-refractivity contribution is -0.119. The number of nitrogens with one attached hydrogen (secondary N) is 2. The Kier molecular flexibility index (Phi) is 5.15. The summed E-state index contributed by atoms with van der Waals surface area (Å²) in [6, 6.07) is 3.76. The van der Waals surface area contributed by atoms with Crippen molar-refractivity contribution >= 4 is 50.9 Å². The minimum absolute atomic E-state index is 0.0644. The molecule has 9 nitrogen and oxygen atoms in total. The van der Waals surface area contributed by atoms with Crippen molar-refractivity contribution in [3.63, 3.8) is 0 Å². The van der Waals surface area contributed by atoms with Gasteiger partial charge >= 0.3 is 0 Å². The molecule has 0 saturated carbocycles. The van der Waals surface area contributed by atoms with Gasteiger partial charge in [0.2, 0.25) is 11.9 Å². The van der Waals surface area contributed by atoms with Crippen LogP contribution in [0.1, 0.15) is 42.6 Å². The van der Waals surface area contributed by atoms with E-state index in [0.717, 1.165) is 35.1 Å². The van der Waals surface area contributed by atoms with E-state index in [1.165, 1.54) is 6.20 Å². The lowest BCUT2D eigenvalue weighted by atomic mass is 9.86. The smallest absolute Gasteiger partial charge is 0.254 e. The van der Waals surface area contributed by atoms with Gasteiger partial charge in [-0.15, -0.1) is 0 Å². The average molecular weight is 474 g/mol. The molecule has 2 aromatic rings. The maximum atomic E-state index is 12.3. The van der Waals surface area contributed by atoms with Crippen molar-refractivity contribution in [1.29, 1.82) is 0 Å². The number of fused-ring (bicyclic) bond motifs is 1. The van der Waals surface area contributed by atoms with Crippen molar-refractivity contribution in [3.8, 4) is 0 Å². The fourth-order valence-electron chi connectivity index (χ4n) is 3.82. The number of amides is 2. The van der Waals surface area contributed by atoms with Crippen LogP contribution in [0.4, 0.5) is 23.1 Å². The Hall–Kier alpha value is -2.72. The van der Waals surface area contributed by atoms with Crippen molar-refractivity contribution in [3.05, 3.63) is 33.9 Å². The van der Waals surface area contributed by atoms with E-state index in [1.54, 1.807) is 0 Å². The van der Waals surface area contributed by atoms with Gasteiger partial charge in [0.15, 0.2) is 0 Å². The average Bonchev–Trinajstić information content (AvgIpc) is 2.91. The molecule has 0 radical (unpaired) electrons. The number of halogens is 1. The number of hydrogen-bond acceptors (Lipinski definition) is 7. The second-order valence-corrected chi connectivity index (χ2v) is 9.08.